The lowest BCUT2D eigenvalue weighted by Gasteiger charge is -2.49. The van der Waals surface area contributed by atoms with Crippen LogP contribution in [0, 0.1) is 10.8 Å². The van der Waals surface area contributed by atoms with Gasteiger partial charge in [-0.1, -0.05) is 40.5 Å². The molecule has 19 heavy (non-hydrogen) atoms. The minimum Gasteiger partial charge on any atom is -0.326 e. The Morgan fingerprint density at radius 1 is 1.05 bits per heavy atom. The van der Waals surface area contributed by atoms with Crippen molar-refractivity contribution in [2.24, 2.45) is 16.6 Å². The Balaban J connectivity index is 1.96. The van der Waals surface area contributed by atoms with Crippen molar-refractivity contribution in [2.75, 3.05) is 13.1 Å². The highest BCUT2D eigenvalue weighted by atomic mass is 15.2. The third-order valence-electron chi connectivity index (χ3n) is 6.24. The predicted molar refractivity (Wildman–Crippen MR) is 83.2 cm³/mol. The Kier molecular flexibility index (Phi) is 4.62. The fourth-order valence-electron chi connectivity index (χ4n) is 4.26. The molecular formula is C17H34N2. The van der Waals surface area contributed by atoms with E-state index in [-0.39, 0.29) is 0 Å². The monoisotopic (exact) mass is 266 g/mol. The molecule has 1 aliphatic heterocycles. The maximum atomic E-state index is 6.42. The van der Waals surface area contributed by atoms with E-state index in [1.807, 2.05) is 0 Å². The van der Waals surface area contributed by atoms with Gasteiger partial charge in [0, 0.05) is 12.1 Å². The van der Waals surface area contributed by atoms with Crippen LogP contribution in [0.1, 0.15) is 72.6 Å². The smallest absolute Gasteiger partial charge is 0.0252 e. The van der Waals surface area contributed by atoms with Gasteiger partial charge in [0.05, 0.1) is 0 Å². The first kappa shape index (κ1) is 15.3. The highest BCUT2D eigenvalue weighted by Crippen LogP contribution is 2.42. The molecule has 1 saturated heterocycles. The molecule has 1 aliphatic carbocycles. The molecule has 2 rings (SSSR count). The molecule has 0 spiro atoms. The second-order valence-corrected chi connectivity index (χ2v) is 7.88. The van der Waals surface area contributed by atoms with E-state index in [1.165, 1.54) is 58.0 Å². The SMILES string of the molecule is CCC1(CC)CCN(C2CC(C)(C)CCC2N)CC1. The summed E-state index contributed by atoms with van der Waals surface area (Å²) in [7, 11) is 0. The second kappa shape index (κ2) is 5.73. The van der Waals surface area contributed by atoms with Crippen LogP contribution in [-0.2, 0) is 0 Å². The summed E-state index contributed by atoms with van der Waals surface area (Å²) in [4.78, 5) is 2.72. The Labute approximate surface area is 120 Å². The molecule has 2 fully saturated rings. The van der Waals surface area contributed by atoms with Gasteiger partial charge in [0.1, 0.15) is 0 Å². The number of nitrogens with zero attached hydrogens (tertiary/aromatic N) is 1. The Morgan fingerprint density at radius 3 is 2.16 bits per heavy atom. The molecule has 0 bridgehead atoms. The van der Waals surface area contributed by atoms with Crippen molar-refractivity contribution in [3.63, 3.8) is 0 Å². The summed E-state index contributed by atoms with van der Waals surface area (Å²) in [5.74, 6) is 0. The molecule has 2 atom stereocenters. The summed E-state index contributed by atoms with van der Waals surface area (Å²) in [5.41, 5.74) is 7.54. The van der Waals surface area contributed by atoms with Crippen LogP contribution in [0.2, 0.25) is 0 Å². The number of likely N-dealkylation sites (tertiary alicyclic amines) is 1. The van der Waals surface area contributed by atoms with E-state index in [2.05, 4.69) is 32.6 Å². The summed E-state index contributed by atoms with van der Waals surface area (Å²) in [6.07, 6.45) is 9.25. The van der Waals surface area contributed by atoms with Crippen molar-refractivity contribution >= 4 is 0 Å². The minimum absolute atomic E-state index is 0.406. The van der Waals surface area contributed by atoms with Crippen molar-refractivity contribution in [1.82, 2.24) is 4.90 Å². The molecule has 1 heterocycles. The molecule has 0 aromatic heterocycles. The zero-order valence-electron chi connectivity index (χ0n) is 13.5. The molecule has 2 heteroatoms. The Morgan fingerprint density at radius 2 is 1.63 bits per heavy atom. The van der Waals surface area contributed by atoms with Gasteiger partial charge in [0.25, 0.3) is 0 Å². The number of hydrogen-bond acceptors (Lipinski definition) is 2. The average molecular weight is 266 g/mol. The van der Waals surface area contributed by atoms with Crippen LogP contribution < -0.4 is 5.73 Å². The van der Waals surface area contributed by atoms with Crippen LogP contribution in [0.5, 0.6) is 0 Å². The minimum atomic E-state index is 0.406. The number of piperidine rings is 1. The summed E-state index contributed by atoms with van der Waals surface area (Å²) in [6, 6.07) is 1.04. The summed E-state index contributed by atoms with van der Waals surface area (Å²) in [5, 5.41) is 0. The highest BCUT2D eigenvalue weighted by Gasteiger charge is 2.39. The standard InChI is InChI=1S/C17H34N2/c1-5-17(6-2)9-11-19(12-10-17)15-13-16(3,4)8-7-14(15)18/h14-15H,5-13,18H2,1-4H3. The fraction of sp³-hybridized carbons (Fsp3) is 1.00. The molecule has 2 aliphatic rings. The molecule has 0 amide bonds. The van der Waals surface area contributed by atoms with Gasteiger partial charge in [-0.3, -0.25) is 4.90 Å². The molecule has 0 aromatic carbocycles. The zero-order valence-corrected chi connectivity index (χ0v) is 13.5. The molecular weight excluding hydrogens is 232 g/mol. The van der Waals surface area contributed by atoms with Crippen LogP contribution in [0.15, 0.2) is 0 Å². The Bertz CT molecular complexity index is 284. The lowest BCUT2D eigenvalue weighted by molar-refractivity contribution is 0.0211. The van der Waals surface area contributed by atoms with E-state index in [1.54, 1.807) is 0 Å². The van der Waals surface area contributed by atoms with Crippen molar-refractivity contribution < 1.29 is 0 Å². The van der Waals surface area contributed by atoms with Gasteiger partial charge in [-0.25, -0.2) is 0 Å². The van der Waals surface area contributed by atoms with Gasteiger partial charge < -0.3 is 5.73 Å². The Hall–Kier alpha value is -0.0800. The largest absolute Gasteiger partial charge is 0.326 e. The van der Waals surface area contributed by atoms with Gasteiger partial charge in [-0.05, 0) is 56.0 Å². The first-order chi connectivity index (χ1) is 8.91. The molecule has 0 radical (unpaired) electrons. The molecule has 0 aromatic rings. The van der Waals surface area contributed by atoms with Crippen LogP contribution in [0.25, 0.3) is 0 Å². The number of rotatable bonds is 3. The molecule has 1 saturated carbocycles. The molecule has 112 valence electrons. The van der Waals surface area contributed by atoms with Crippen molar-refractivity contribution in [3.8, 4) is 0 Å². The van der Waals surface area contributed by atoms with E-state index in [4.69, 9.17) is 5.73 Å². The van der Waals surface area contributed by atoms with Crippen LogP contribution >= 0.6 is 0 Å². The summed E-state index contributed by atoms with van der Waals surface area (Å²) in [6.45, 7) is 12.1. The highest BCUT2D eigenvalue weighted by molar-refractivity contribution is 4.95. The van der Waals surface area contributed by atoms with Gasteiger partial charge in [0.15, 0.2) is 0 Å². The third kappa shape index (κ3) is 3.33. The second-order valence-electron chi connectivity index (χ2n) is 7.88. The number of nitrogens with two attached hydrogens (primary N) is 1. The van der Waals surface area contributed by atoms with Gasteiger partial charge in [-0.15, -0.1) is 0 Å². The van der Waals surface area contributed by atoms with Gasteiger partial charge in [-0.2, -0.15) is 0 Å². The maximum absolute atomic E-state index is 6.42. The molecule has 2 nitrogen and oxygen atoms in total. The summed E-state index contributed by atoms with van der Waals surface area (Å²) < 4.78 is 0. The fourth-order valence-corrected chi connectivity index (χ4v) is 4.26. The van der Waals surface area contributed by atoms with Crippen LogP contribution in [0.3, 0.4) is 0 Å². The maximum Gasteiger partial charge on any atom is 0.0252 e. The van der Waals surface area contributed by atoms with Crippen molar-refractivity contribution in [2.45, 2.75) is 84.7 Å². The molecule has 2 N–H and O–H groups in total. The molecule has 2 unspecified atom stereocenters. The predicted octanol–water partition coefficient (Wildman–Crippen LogP) is 3.79. The van der Waals surface area contributed by atoms with Crippen molar-refractivity contribution in [1.29, 1.82) is 0 Å². The van der Waals surface area contributed by atoms with E-state index in [9.17, 15) is 0 Å². The lowest BCUT2D eigenvalue weighted by atomic mass is 9.70. The first-order valence-corrected chi connectivity index (χ1v) is 8.41. The quantitative estimate of drug-likeness (QED) is 0.842. The lowest BCUT2D eigenvalue weighted by Crippen LogP contribution is -2.55. The average Bonchev–Trinajstić information content (AvgIpc) is 2.42. The van der Waals surface area contributed by atoms with E-state index in [0.29, 0.717) is 22.9 Å². The summed E-state index contributed by atoms with van der Waals surface area (Å²) >= 11 is 0. The zero-order chi connectivity index (χ0) is 14.1. The van der Waals surface area contributed by atoms with E-state index >= 15 is 0 Å². The number of hydrogen-bond donors (Lipinski definition) is 1. The third-order valence-corrected chi connectivity index (χ3v) is 6.24. The van der Waals surface area contributed by atoms with Gasteiger partial charge >= 0.3 is 0 Å². The first-order valence-electron chi connectivity index (χ1n) is 8.41. The van der Waals surface area contributed by atoms with E-state index in [0.717, 1.165) is 0 Å². The van der Waals surface area contributed by atoms with Crippen molar-refractivity contribution in [3.05, 3.63) is 0 Å². The topological polar surface area (TPSA) is 29.3 Å². The van der Waals surface area contributed by atoms with Gasteiger partial charge in [0.2, 0.25) is 0 Å². The van der Waals surface area contributed by atoms with Crippen LogP contribution in [-0.4, -0.2) is 30.1 Å². The van der Waals surface area contributed by atoms with Crippen LogP contribution in [0.4, 0.5) is 0 Å². The van der Waals surface area contributed by atoms with E-state index < -0.39 is 0 Å². The normalized spacial score (nSPS) is 35.2.